The van der Waals surface area contributed by atoms with E-state index in [1.165, 1.54) is 22.5 Å². The first-order chi connectivity index (χ1) is 9.26. The second kappa shape index (κ2) is 5.41. The molecule has 1 fully saturated rings. The average Bonchev–Trinajstić information content (AvgIpc) is 2.87. The third-order valence-corrected chi connectivity index (χ3v) is 6.19. The Morgan fingerprint density at radius 3 is 2.45 bits per heavy atom. The summed E-state index contributed by atoms with van der Waals surface area (Å²) >= 11 is 0. The Balaban J connectivity index is 2.45. The zero-order valence-electron chi connectivity index (χ0n) is 10.8. The van der Waals surface area contributed by atoms with Crippen molar-refractivity contribution in [3.63, 3.8) is 0 Å². The van der Waals surface area contributed by atoms with Gasteiger partial charge in [-0.3, -0.25) is 0 Å². The van der Waals surface area contributed by atoms with Crippen molar-refractivity contribution < 1.29 is 16.8 Å². The van der Waals surface area contributed by atoms with Crippen molar-refractivity contribution >= 4 is 20.0 Å². The van der Waals surface area contributed by atoms with E-state index < -0.39 is 20.0 Å². The zero-order chi connectivity index (χ0) is 15.0. The maximum Gasteiger partial charge on any atom is 0.243 e. The molecule has 2 rings (SSSR count). The lowest BCUT2D eigenvalue weighted by Gasteiger charge is -2.22. The Hall–Kier alpha value is -1.00. The van der Waals surface area contributed by atoms with Crippen LogP contribution in [0.25, 0.3) is 0 Å². The van der Waals surface area contributed by atoms with E-state index in [1.54, 1.807) is 0 Å². The summed E-state index contributed by atoms with van der Waals surface area (Å²) in [5.74, 6) is 0. The summed E-state index contributed by atoms with van der Waals surface area (Å²) in [6, 6.07) is 4.82. The van der Waals surface area contributed by atoms with E-state index in [-0.39, 0.29) is 22.4 Å². The highest BCUT2D eigenvalue weighted by Gasteiger charge is 2.34. The van der Waals surface area contributed by atoms with E-state index in [0.717, 1.165) is 12.5 Å². The molecule has 1 unspecified atom stereocenters. The molecule has 1 saturated heterocycles. The van der Waals surface area contributed by atoms with E-state index >= 15 is 0 Å². The third-order valence-electron chi connectivity index (χ3n) is 3.34. The molecule has 0 amide bonds. The van der Waals surface area contributed by atoms with E-state index in [9.17, 15) is 16.8 Å². The molecule has 9 heteroatoms. The highest BCUT2D eigenvalue weighted by atomic mass is 32.2. The molecular formula is C11H17N3O4S2. The topological polar surface area (TPSA) is 124 Å². The number of sulfonamides is 2. The van der Waals surface area contributed by atoms with Crippen LogP contribution in [0.15, 0.2) is 34.1 Å². The summed E-state index contributed by atoms with van der Waals surface area (Å²) in [6.45, 7) is 0.637. The van der Waals surface area contributed by atoms with Crippen LogP contribution in [0.3, 0.4) is 0 Å². The van der Waals surface area contributed by atoms with Crippen molar-refractivity contribution in [1.29, 1.82) is 0 Å². The predicted molar refractivity (Wildman–Crippen MR) is 73.8 cm³/mol. The lowest BCUT2D eigenvalue weighted by molar-refractivity contribution is 0.393. The molecule has 7 nitrogen and oxygen atoms in total. The summed E-state index contributed by atoms with van der Waals surface area (Å²) in [4.78, 5) is -0.300. The van der Waals surface area contributed by atoms with Gasteiger partial charge in [-0.1, -0.05) is 6.07 Å². The van der Waals surface area contributed by atoms with Crippen LogP contribution >= 0.6 is 0 Å². The van der Waals surface area contributed by atoms with Crippen molar-refractivity contribution in [2.24, 2.45) is 10.9 Å². The van der Waals surface area contributed by atoms with Crippen molar-refractivity contribution in [1.82, 2.24) is 4.31 Å². The van der Waals surface area contributed by atoms with Gasteiger partial charge in [-0.25, -0.2) is 22.0 Å². The van der Waals surface area contributed by atoms with Gasteiger partial charge in [0.15, 0.2) is 0 Å². The molecule has 1 aliphatic rings. The Labute approximate surface area is 118 Å². The van der Waals surface area contributed by atoms with Crippen LogP contribution in [0.2, 0.25) is 0 Å². The molecule has 1 heterocycles. The number of benzene rings is 1. The van der Waals surface area contributed by atoms with E-state index in [4.69, 9.17) is 10.9 Å². The second-order valence-electron chi connectivity index (χ2n) is 4.67. The highest BCUT2D eigenvalue weighted by molar-refractivity contribution is 7.90. The van der Waals surface area contributed by atoms with Crippen LogP contribution in [0, 0.1) is 0 Å². The summed E-state index contributed by atoms with van der Waals surface area (Å²) in [6.07, 6.45) is 1.46. The first-order valence-electron chi connectivity index (χ1n) is 6.11. The molecule has 20 heavy (non-hydrogen) atoms. The zero-order valence-corrected chi connectivity index (χ0v) is 12.4. The van der Waals surface area contributed by atoms with Crippen LogP contribution in [-0.2, 0) is 20.0 Å². The van der Waals surface area contributed by atoms with Crippen LogP contribution in [0.5, 0.6) is 0 Å². The third kappa shape index (κ3) is 2.86. The van der Waals surface area contributed by atoms with Gasteiger partial charge in [0.2, 0.25) is 20.0 Å². The number of hydrogen-bond acceptors (Lipinski definition) is 5. The molecule has 0 saturated carbocycles. The van der Waals surface area contributed by atoms with Gasteiger partial charge in [0.05, 0.1) is 9.79 Å². The average molecular weight is 319 g/mol. The predicted octanol–water partition coefficient (Wildman–Crippen LogP) is -0.554. The number of rotatable bonds is 4. The van der Waals surface area contributed by atoms with Crippen molar-refractivity contribution in [3.8, 4) is 0 Å². The van der Waals surface area contributed by atoms with Crippen molar-refractivity contribution in [2.45, 2.75) is 28.7 Å². The SMILES string of the molecule is NCC1CCCN1S(=O)(=O)c1cccc(S(N)(=O)=O)c1. The smallest absolute Gasteiger partial charge is 0.243 e. The molecule has 0 bridgehead atoms. The standard InChI is InChI=1S/C11H17N3O4S2/c12-8-9-3-2-6-14(9)20(17,18)11-5-1-4-10(7-11)19(13,15)16/h1,4-5,7,9H,2-3,6,8,12H2,(H2,13,15,16). The molecule has 1 aromatic rings. The highest BCUT2D eigenvalue weighted by Crippen LogP contribution is 2.26. The fourth-order valence-corrected chi connectivity index (χ4v) is 4.69. The summed E-state index contributed by atoms with van der Waals surface area (Å²) < 4.78 is 49.0. The largest absolute Gasteiger partial charge is 0.329 e. The molecule has 1 aromatic carbocycles. The normalized spacial score (nSPS) is 21.2. The van der Waals surface area contributed by atoms with E-state index in [1.807, 2.05) is 0 Å². The van der Waals surface area contributed by atoms with Gasteiger partial charge in [0, 0.05) is 19.1 Å². The van der Waals surface area contributed by atoms with Gasteiger partial charge >= 0.3 is 0 Å². The fraction of sp³-hybridized carbons (Fsp3) is 0.455. The molecule has 1 atom stereocenters. The minimum absolute atomic E-state index is 0.0793. The molecule has 0 spiro atoms. The molecular weight excluding hydrogens is 302 g/mol. The number of primary sulfonamides is 1. The van der Waals surface area contributed by atoms with E-state index in [0.29, 0.717) is 13.0 Å². The summed E-state index contributed by atoms with van der Waals surface area (Å²) in [5, 5.41) is 5.02. The maximum atomic E-state index is 12.5. The summed E-state index contributed by atoms with van der Waals surface area (Å²) in [5.41, 5.74) is 5.58. The number of hydrogen-bond donors (Lipinski definition) is 2. The molecule has 0 aromatic heterocycles. The van der Waals surface area contributed by atoms with Gasteiger partial charge in [-0.2, -0.15) is 4.31 Å². The van der Waals surface area contributed by atoms with Crippen molar-refractivity contribution in [2.75, 3.05) is 13.1 Å². The van der Waals surface area contributed by atoms with Gasteiger partial charge in [0.25, 0.3) is 0 Å². The molecule has 1 aliphatic heterocycles. The first-order valence-corrected chi connectivity index (χ1v) is 9.10. The minimum atomic E-state index is -3.94. The molecule has 4 N–H and O–H groups in total. The monoisotopic (exact) mass is 319 g/mol. The quantitative estimate of drug-likeness (QED) is 0.770. The Morgan fingerprint density at radius 1 is 1.20 bits per heavy atom. The fourth-order valence-electron chi connectivity index (χ4n) is 2.31. The Kier molecular flexibility index (Phi) is 4.17. The van der Waals surface area contributed by atoms with Crippen LogP contribution in [-0.4, -0.2) is 40.3 Å². The Bertz CT molecular complexity index is 700. The summed E-state index contributed by atoms with van der Waals surface area (Å²) in [7, 11) is -7.69. The van der Waals surface area contributed by atoms with Gasteiger partial charge in [-0.15, -0.1) is 0 Å². The van der Waals surface area contributed by atoms with Gasteiger partial charge in [-0.05, 0) is 31.0 Å². The van der Waals surface area contributed by atoms with Crippen LogP contribution < -0.4 is 10.9 Å². The second-order valence-corrected chi connectivity index (χ2v) is 8.12. The lowest BCUT2D eigenvalue weighted by atomic mass is 10.2. The van der Waals surface area contributed by atoms with Crippen molar-refractivity contribution in [3.05, 3.63) is 24.3 Å². The lowest BCUT2D eigenvalue weighted by Crippen LogP contribution is -2.39. The molecule has 0 radical (unpaired) electrons. The van der Waals surface area contributed by atoms with Gasteiger partial charge < -0.3 is 5.73 Å². The number of nitrogens with zero attached hydrogens (tertiary/aromatic N) is 1. The molecule has 0 aliphatic carbocycles. The minimum Gasteiger partial charge on any atom is -0.329 e. The van der Waals surface area contributed by atoms with Gasteiger partial charge in [0.1, 0.15) is 0 Å². The van der Waals surface area contributed by atoms with Crippen LogP contribution in [0.4, 0.5) is 0 Å². The van der Waals surface area contributed by atoms with E-state index in [2.05, 4.69) is 0 Å². The maximum absolute atomic E-state index is 12.5. The number of nitrogens with two attached hydrogens (primary N) is 2. The first kappa shape index (κ1) is 15.4. The molecule has 112 valence electrons. The van der Waals surface area contributed by atoms with Crippen LogP contribution in [0.1, 0.15) is 12.8 Å². The Morgan fingerprint density at radius 2 is 1.85 bits per heavy atom.